The topological polar surface area (TPSA) is 28.7 Å². The average molecular weight is 378 g/mol. The highest BCUT2D eigenvalue weighted by molar-refractivity contribution is 9.10. The van der Waals surface area contributed by atoms with Crippen LogP contribution < -0.4 is 0 Å². The molecule has 0 radical (unpaired) electrons. The molecule has 0 aliphatic rings. The first-order valence-electron chi connectivity index (χ1n) is 5.45. The first-order valence-corrected chi connectivity index (χ1v) is 7.00. The second-order valence-corrected chi connectivity index (χ2v) is 5.84. The summed E-state index contributed by atoms with van der Waals surface area (Å²) in [5.41, 5.74) is 0.809. The zero-order valence-corrected chi connectivity index (χ0v) is 12.7. The third-order valence-corrected chi connectivity index (χ3v) is 3.95. The van der Waals surface area contributed by atoms with E-state index in [0.29, 0.717) is 25.6 Å². The van der Waals surface area contributed by atoms with Crippen molar-refractivity contribution in [3.8, 4) is 11.4 Å². The third kappa shape index (κ3) is 2.30. The lowest BCUT2D eigenvalue weighted by molar-refractivity contribution is 0.586. The van der Waals surface area contributed by atoms with Crippen molar-refractivity contribution in [2.75, 3.05) is 0 Å². The number of benzene rings is 2. The summed E-state index contributed by atoms with van der Waals surface area (Å²) in [5, 5.41) is 0.667. The summed E-state index contributed by atoms with van der Waals surface area (Å²) in [4.78, 5) is 6.97. The molecule has 0 bridgehead atoms. The standard InChI is InChI=1S/C13H5BrCl2F2N2/c14-5-1-8(17)12(9(18)2-5)13-19-10-3-6(15)7(16)4-11(10)20-13/h1-4H,(H,19,20). The Kier molecular flexibility index (Phi) is 3.44. The van der Waals surface area contributed by atoms with Crippen molar-refractivity contribution in [2.24, 2.45) is 0 Å². The van der Waals surface area contributed by atoms with Gasteiger partial charge in [0, 0.05) is 4.47 Å². The van der Waals surface area contributed by atoms with Crippen LogP contribution in [0.2, 0.25) is 10.0 Å². The number of aromatic amines is 1. The molecule has 0 saturated heterocycles. The molecule has 1 heterocycles. The second kappa shape index (κ2) is 4.98. The van der Waals surface area contributed by atoms with Crippen molar-refractivity contribution in [3.63, 3.8) is 0 Å². The highest BCUT2D eigenvalue weighted by atomic mass is 79.9. The number of rotatable bonds is 1. The van der Waals surface area contributed by atoms with E-state index in [1.807, 2.05) is 0 Å². The summed E-state index contributed by atoms with van der Waals surface area (Å²) < 4.78 is 28.1. The maximum Gasteiger partial charge on any atom is 0.144 e. The molecule has 1 aromatic heterocycles. The van der Waals surface area contributed by atoms with Crippen LogP contribution in [0.5, 0.6) is 0 Å². The quantitative estimate of drug-likeness (QED) is 0.589. The first kappa shape index (κ1) is 13.8. The molecule has 0 atom stereocenters. The minimum absolute atomic E-state index is 0.0841. The number of H-pyrrole nitrogens is 1. The van der Waals surface area contributed by atoms with Gasteiger partial charge in [0.2, 0.25) is 0 Å². The van der Waals surface area contributed by atoms with Gasteiger partial charge in [-0.3, -0.25) is 0 Å². The van der Waals surface area contributed by atoms with E-state index < -0.39 is 11.6 Å². The van der Waals surface area contributed by atoms with E-state index in [1.54, 1.807) is 6.07 Å². The van der Waals surface area contributed by atoms with Gasteiger partial charge in [0.15, 0.2) is 0 Å². The van der Waals surface area contributed by atoms with E-state index in [0.717, 1.165) is 0 Å². The highest BCUT2D eigenvalue weighted by Crippen LogP contribution is 2.31. The fourth-order valence-electron chi connectivity index (χ4n) is 1.89. The van der Waals surface area contributed by atoms with E-state index in [1.165, 1.54) is 18.2 Å². The molecule has 102 valence electrons. The van der Waals surface area contributed by atoms with Gasteiger partial charge in [-0.25, -0.2) is 13.8 Å². The van der Waals surface area contributed by atoms with Crippen LogP contribution >= 0.6 is 39.1 Å². The number of imidazole rings is 1. The zero-order chi connectivity index (χ0) is 14.4. The lowest BCUT2D eigenvalue weighted by atomic mass is 10.2. The van der Waals surface area contributed by atoms with Crippen LogP contribution in [-0.2, 0) is 0 Å². The minimum Gasteiger partial charge on any atom is -0.338 e. The molecular weight excluding hydrogens is 373 g/mol. The molecule has 1 N–H and O–H groups in total. The Labute approximate surface area is 130 Å². The highest BCUT2D eigenvalue weighted by Gasteiger charge is 2.17. The molecule has 3 rings (SSSR count). The average Bonchev–Trinajstić information content (AvgIpc) is 2.70. The van der Waals surface area contributed by atoms with Gasteiger partial charge in [0.25, 0.3) is 0 Å². The van der Waals surface area contributed by atoms with Crippen LogP contribution in [0.1, 0.15) is 0 Å². The van der Waals surface area contributed by atoms with Crippen molar-refractivity contribution in [1.29, 1.82) is 0 Å². The molecule has 0 saturated carbocycles. The SMILES string of the molecule is Fc1cc(Br)cc(F)c1-c1nc2cc(Cl)c(Cl)cc2[nH]1. The van der Waals surface area contributed by atoms with Gasteiger partial charge in [-0.05, 0) is 24.3 Å². The maximum atomic E-state index is 13.9. The maximum absolute atomic E-state index is 13.9. The van der Waals surface area contributed by atoms with Crippen molar-refractivity contribution in [2.45, 2.75) is 0 Å². The molecule has 0 fully saturated rings. The van der Waals surface area contributed by atoms with E-state index >= 15 is 0 Å². The molecule has 0 aliphatic carbocycles. The monoisotopic (exact) mass is 376 g/mol. The predicted molar refractivity (Wildman–Crippen MR) is 79.2 cm³/mol. The van der Waals surface area contributed by atoms with Crippen molar-refractivity contribution >= 4 is 50.2 Å². The molecule has 20 heavy (non-hydrogen) atoms. The molecule has 2 aromatic carbocycles. The number of aromatic nitrogens is 2. The molecule has 3 aromatic rings. The lowest BCUT2D eigenvalue weighted by Gasteiger charge is -2.02. The number of fused-ring (bicyclic) bond motifs is 1. The third-order valence-electron chi connectivity index (χ3n) is 2.77. The molecule has 0 spiro atoms. The zero-order valence-electron chi connectivity index (χ0n) is 9.65. The molecule has 7 heteroatoms. The number of nitrogens with zero attached hydrogens (tertiary/aromatic N) is 1. The van der Waals surface area contributed by atoms with E-state index in [2.05, 4.69) is 25.9 Å². The number of hydrogen-bond acceptors (Lipinski definition) is 1. The Balaban J connectivity index is 2.25. The van der Waals surface area contributed by atoms with Crippen molar-refractivity contribution in [3.05, 3.63) is 50.4 Å². The minimum atomic E-state index is -0.715. The predicted octanol–water partition coefficient (Wildman–Crippen LogP) is 5.58. The summed E-state index contributed by atoms with van der Waals surface area (Å²) in [6.07, 6.45) is 0. The van der Waals surface area contributed by atoms with E-state index in [9.17, 15) is 8.78 Å². The van der Waals surface area contributed by atoms with Crippen LogP contribution in [0.4, 0.5) is 8.78 Å². The Morgan fingerprint density at radius 3 is 2.25 bits per heavy atom. The summed E-state index contributed by atoms with van der Waals surface area (Å²) >= 11 is 14.8. The molecule has 2 nitrogen and oxygen atoms in total. The van der Waals surface area contributed by atoms with E-state index in [-0.39, 0.29) is 11.4 Å². The second-order valence-electron chi connectivity index (χ2n) is 4.11. The molecule has 0 aliphatic heterocycles. The van der Waals surface area contributed by atoms with Crippen LogP contribution in [0.25, 0.3) is 22.4 Å². The van der Waals surface area contributed by atoms with Gasteiger partial charge in [-0.2, -0.15) is 0 Å². The van der Waals surface area contributed by atoms with Crippen LogP contribution in [0.3, 0.4) is 0 Å². The van der Waals surface area contributed by atoms with Crippen LogP contribution in [-0.4, -0.2) is 9.97 Å². The van der Waals surface area contributed by atoms with Gasteiger partial charge >= 0.3 is 0 Å². The summed E-state index contributed by atoms with van der Waals surface area (Å²) in [6.45, 7) is 0. The van der Waals surface area contributed by atoms with Crippen LogP contribution in [0.15, 0.2) is 28.7 Å². The number of hydrogen-bond donors (Lipinski definition) is 1. The smallest absolute Gasteiger partial charge is 0.144 e. The number of halogens is 5. The fraction of sp³-hybridized carbons (Fsp3) is 0. The fourth-order valence-corrected chi connectivity index (χ4v) is 2.62. The Bertz CT molecular complexity index is 771. The summed E-state index contributed by atoms with van der Waals surface area (Å²) in [5.74, 6) is -1.35. The summed E-state index contributed by atoms with van der Waals surface area (Å²) in [6, 6.07) is 5.44. The first-order chi connectivity index (χ1) is 9.45. The van der Waals surface area contributed by atoms with E-state index in [4.69, 9.17) is 23.2 Å². The van der Waals surface area contributed by atoms with Crippen LogP contribution in [0, 0.1) is 11.6 Å². The van der Waals surface area contributed by atoms with Gasteiger partial charge in [0.1, 0.15) is 17.5 Å². The van der Waals surface area contributed by atoms with Gasteiger partial charge < -0.3 is 4.98 Å². The number of nitrogens with one attached hydrogen (secondary N) is 1. The molecular formula is C13H5BrCl2F2N2. The van der Waals surface area contributed by atoms with Crippen molar-refractivity contribution < 1.29 is 8.78 Å². The molecule has 0 amide bonds. The lowest BCUT2D eigenvalue weighted by Crippen LogP contribution is -1.92. The van der Waals surface area contributed by atoms with Gasteiger partial charge in [-0.1, -0.05) is 39.1 Å². The summed E-state index contributed by atoms with van der Waals surface area (Å²) in [7, 11) is 0. The van der Waals surface area contributed by atoms with Gasteiger partial charge in [-0.15, -0.1) is 0 Å². The van der Waals surface area contributed by atoms with Gasteiger partial charge in [0.05, 0.1) is 26.6 Å². The largest absolute Gasteiger partial charge is 0.338 e. The molecule has 0 unspecified atom stereocenters. The Morgan fingerprint density at radius 1 is 1.00 bits per heavy atom. The Morgan fingerprint density at radius 2 is 1.60 bits per heavy atom. The normalized spacial score (nSPS) is 11.2. The van der Waals surface area contributed by atoms with Crippen molar-refractivity contribution in [1.82, 2.24) is 9.97 Å². The Hall–Kier alpha value is -1.17.